The second-order valence-corrected chi connectivity index (χ2v) is 5.95. The van der Waals surface area contributed by atoms with Gasteiger partial charge in [-0.1, -0.05) is 13.8 Å². The molecule has 1 amide bonds. The number of halogens is 2. The molecule has 2 aromatic heterocycles. The van der Waals surface area contributed by atoms with Crippen molar-refractivity contribution in [1.29, 1.82) is 0 Å². The number of nitrogens with zero attached hydrogens (tertiary/aromatic N) is 2. The molecule has 148 valence electrons. The van der Waals surface area contributed by atoms with Crippen molar-refractivity contribution in [2.45, 2.75) is 33.9 Å². The molecule has 2 heterocycles. The summed E-state index contributed by atoms with van der Waals surface area (Å²) >= 11 is 5.98. The Hall–Kier alpha value is -2.68. The van der Waals surface area contributed by atoms with E-state index in [9.17, 15) is 14.0 Å². The van der Waals surface area contributed by atoms with Gasteiger partial charge in [-0.3, -0.25) is 0 Å². The zero-order valence-corrected chi connectivity index (χ0v) is 16.6. The normalized spacial score (nSPS) is 11.4. The molecule has 0 saturated heterocycles. The maximum atomic E-state index is 14.9. The fourth-order valence-corrected chi connectivity index (χ4v) is 2.51. The summed E-state index contributed by atoms with van der Waals surface area (Å²) in [5, 5.41) is 4.46. The summed E-state index contributed by atoms with van der Waals surface area (Å²) in [5.74, 6) is -1.62. The standard InChI is InChI=1S/C16H13BClFN2O5.C2H6/c1-8-17-16(26-20-8)21(7-25-9(2)22)15(23)14(19)10-3-4-13-11(5-10)12(18)6-24-13;1-2/h3-6,14H,7H2,1-2H3;1-2H3. The number of aryl methyl sites for hydroxylation is 1. The zero-order chi connectivity index (χ0) is 20.8. The van der Waals surface area contributed by atoms with Crippen LogP contribution in [0.3, 0.4) is 0 Å². The Morgan fingerprint density at radius 2 is 2.11 bits per heavy atom. The Morgan fingerprint density at radius 3 is 2.71 bits per heavy atom. The zero-order valence-electron chi connectivity index (χ0n) is 15.9. The summed E-state index contributed by atoms with van der Waals surface area (Å²) in [6, 6.07) is 4.37. The second-order valence-electron chi connectivity index (χ2n) is 5.54. The molecule has 1 unspecified atom stereocenters. The number of alkyl halides is 1. The van der Waals surface area contributed by atoms with Gasteiger partial charge in [0, 0.05) is 0 Å². The molecule has 3 rings (SSSR count). The first-order valence-electron chi connectivity index (χ1n) is 8.55. The van der Waals surface area contributed by atoms with Gasteiger partial charge in [0.05, 0.1) is 0 Å². The number of carbonyl (C=O) groups excluding carboxylic acids is 2. The van der Waals surface area contributed by atoms with Crippen LogP contribution >= 0.6 is 11.6 Å². The van der Waals surface area contributed by atoms with E-state index in [2.05, 4.69) is 5.16 Å². The minimum atomic E-state index is -2.04. The number of esters is 1. The first-order chi connectivity index (χ1) is 13.4. The van der Waals surface area contributed by atoms with Crippen LogP contribution in [-0.2, 0) is 14.3 Å². The van der Waals surface area contributed by atoms with Crippen LogP contribution in [0.5, 0.6) is 0 Å². The predicted octanol–water partition coefficient (Wildman–Crippen LogP) is 4.31. The van der Waals surface area contributed by atoms with Crippen molar-refractivity contribution in [2.75, 3.05) is 11.6 Å². The quantitative estimate of drug-likeness (QED) is 0.462. The van der Waals surface area contributed by atoms with Crippen molar-refractivity contribution in [1.82, 2.24) is 5.16 Å². The van der Waals surface area contributed by atoms with Gasteiger partial charge in [-0.05, 0) is 0 Å². The predicted molar refractivity (Wildman–Crippen MR) is 103 cm³/mol. The van der Waals surface area contributed by atoms with Crippen LogP contribution in [0.2, 0.25) is 5.02 Å². The van der Waals surface area contributed by atoms with E-state index in [1.165, 1.54) is 38.3 Å². The Labute approximate surface area is 166 Å². The average molecular weight is 409 g/mol. The molecule has 28 heavy (non-hydrogen) atoms. The van der Waals surface area contributed by atoms with Gasteiger partial charge < -0.3 is 0 Å². The Morgan fingerprint density at radius 1 is 1.39 bits per heavy atom. The third kappa shape index (κ3) is 4.78. The first-order valence-corrected chi connectivity index (χ1v) is 8.93. The van der Waals surface area contributed by atoms with Gasteiger partial charge in [-0.15, -0.1) is 0 Å². The van der Waals surface area contributed by atoms with Crippen LogP contribution in [-0.4, -0.2) is 30.7 Å². The summed E-state index contributed by atoms with van der Waals surface area (Å²) < 4.78 is 29.9. The second kappa shape index (κ2) is 9.50. The first kappa shape index (κ1) is 21.6. The third-order valence-electron chi connectivity index (χ3n) is 3.60. The van der Waals surface area contributed by atoms with Gasteiger partial charge in [0.1, 0.15) is 0 Å². The molecule has 0 bridgehead atoms. The molecule has 1 aromatic carbocycles. The molecule has 0 spiro atoms. The number of furan rings is 1. The number of fused-ring (bicyclic) bond motifs is 1. The van der Waals surface area contributed by atoms with E-state index in [1.54, 1.807) is 6.92 Å². The number of ether oxygens (including phenoxy) is 1. The van der Waals surface area contributed by atoms with E-state index in [0.29, 0.717) is 21.6 Å². The fraction of sp³-hybridized carbons (Fsp3) is 0.333. The topological polar surface area (TPSA) is 85.8 Å². The van der Waals surface area contributed by atoms with Crippen LogP contribution in [0.25, 0.3) is 11.0 Å². The van der Waals surface area contributed by atoms with Gasteiger partial charge in [0.2, 0.25) is 0 Å². The molecule has 3 aromatic rings. The average Bonchev–Trinajstić information content (AvgIpc) is 3.28. The summed E-state index contributed by atoms with van der Waals surface area (Å²) in [6.07, 6.45) is -0.707. The molecular weight excluding hydrogens is 389 g/mol. The maximum absolute atomic E-state index is 14.9. The summed E-state index contributed by atoms with van der Waals surface area (Å²) in [7, 11) is 0. The number of amides is 1. The van der Waals surface area contributed by atoms with E-state index in [0.717, 1.165) is 4.90 Å². The minimum absolute atomic E-state index is 0.0289. The van der Waals surface area contributed by atoms with Crippen LogP contribution in [0.1, 0.15) is 38.1 Å². The molecule has 0 fully saturated rings. The van der Waals surface area contributed by atoms with Crippen molar-refractivity contribution in [2.24, 2.45) is 0 Å². The van der Waals surface area contributed by atoms with Crippen molar-refractivity contribution >= 4 is 47.1 Å². The van der Waals surface area contributed by atoms with Gasteiger partial charge in [0.15, 0.2) is 0 Å². The Bertz CT molecular complexity index is 974. The van der Waals surface area contributed by atoms with Crippen molar-refractivity contribution in [3.63, 3.8) is 0 Å². The van der Waals surface area contributed by atoms with E-state index in [-0.39, 0.29) is 11.3 Å². The van der Waals surface area contributed by atoms with Crippen molar-refractivity contribution in [3.8, 4) is 0 Å². The number of rotatable bonds is 5. The SMILES string of the molecule is CC.CC(=O)OCN(C(=O)C(F)c1ccc2occ(Cl)c2c1)c1bc(C)no1. The number of carbonyl (C=O) groups is 2. The van der Waals surface area contributed by atoms with E-state index >= 15 is 0 Å². The molecule has 0 aliphatic carbocycles. The summed E-state index contributed by atoms with van der Waals surface area (Å²) in [6.45, 7) is 7.75. The Balaban J connectivity index is 0.00000136. The molecule has 1 atom stereocenters. The number of anilines is 1. The van der Waals surface area contributed by atoms with E-state index < -0.39 is 24.8 Å². The number of aromatic nitrogens is 1. The number of hydrogen-bond donors (Lipinski definition) is 0. The molecular formula is C18H19BClFN2O5. The van der Waals surface area contributed by atoms with Crippen LogP contribution < -0.4 is 4.90 Å². The van der Waals surface area contributed by atoms with Crippen LogP contribution in [0.4, 0.5) is 10.2 Å². The molecule has 0 N–H and O–H groups in total. The van der Waals surface area contributed by atoms with Crippen molar-refractivity contribution < 1.29 is 27.7 Å². The van der Waals surface area contributed by atoms with Gasteiger partial charge >= 0.3 is 152 Å². The molecule has 7 nitrogen and oxygen atoms in total. The molecule has 0 saturated carbocycles. The molecule has 0 aliphatic rings. The monoisotopic (exact) mass is 408 g/mol. The van der Waals surface area contributed by atoms with Gasteiger partial charge in [-0.2, -0.15) is 0 Å². The van der Waals surface area contributed by atoms with Gasteiger partial charge in [-0.25, -0.2) is 0 Å². The molecule has 0 aliphatic heterocycles. The van der Waals surface area contributed by atoms with Crippen LogP contribution in [0, 0.1) is 6.92 Å². The summed E-state index contributed by atoms with van der Waals surface area (Å²) in [5.41, 5.74) is 1.04. The van der Waals surface area contributed by atoms with Crippen molar-refractivity contribution in [3.05, 3.63) is 40.6 Å². The van der Waals surface area contributed by atoms with Crippen LogP contribution in [0.15, 0.2) is 33.4 Å². The van der Waals surface area contributed by atoms with E-state index in [1.807, 2.05) is 13.8 Å². The fourth-order valence-electron chi connectivity index (χ4n) is 2.32. The molecule has 0 radical (unpaired) electrons. The number of hydrogen-bond acceptors (Lipinski definition) is 6. The summed E-state index contributed by atoms with van der Waals surface area (Å²) in [4.78, 5) is 24.6. The molecule has 10 heteroatoms. The van der Waals surface area contributed by atoms with Gasteiger partial charge in [0.25, 0.3) is 0 Å². The third-order valence-corrected chi connectivity index (χ3v) is 3.90. The van der Waals surface area contributed by atoms with E-state index in [4.69, 9.17) is 25.3 Å². The number of benzene rings is 1. The Kier molecular flexibility index (Phi) is 7.34.